The van der Waals surface area contributed by atoms with Crippen molar-refractivity contribution in [2.75, 3.05) is 23.4 Å². The zero-order valence-corrected chi connectivity index (χ0v) is 13.9. The molecule has 0 radical (unpaired) electrons. The molecule has 0 saturated carbocycles. The van der Waals surface area contributed by atoms with Gasteiger partial charge in [0.25, 0.3) is 5.91 Å². The van der Waals surface area contributed by atoms with Crippen LogP contribution in [0.2, 0.25) is 0 Å². The van der Waals surface area contributed by atoms with Crippen molar-refractivity contribution < 1.29 is 17.9 Å². The normalized spacial score (nSPS) is 10.9. The van der Waals surface area contributed by atoms with Crippen LogP contribution in [-0.2, 0) is 10.0 Å². The Balaban J connectivity index is 2.23. The van der Waals surface area contributed by atoms with Gasteiger partial charge < -0.3 is 10.1 Å². The predicted molar refractivity (Wildman–Crippen MR) is 90.6 cm³/mol. The summed E-state index contributed by atoms with van der Waals surface area (Å²) in [6.07, 6.45) is 1.05. The topological polar surface area (TPSA) is 84.5 Å². The van der Waals surface area contributed by atoms with Crippen LogP contribution >= 0.6 is 0 Å². The number of ether oxygens (including phenoxy) is 1. The lowest BCUT2D eigenvalue weighted by Gasteiger charge is -2.11. The Morgan fingerprint density at radius 2 is 1.87 bits per heavy atom. The summed E-state index contributed by atoms with van der Waals surface area (Å²) in [4.78, 5) is 12.3. The molecule has 2 N–H and O–H groups in total. The highest BCUT2D eigenvalue weighted by atomic mass is 32.2. The van der Waals surface area contributed by atoms with Crippen molar-refractivity contribution in [3.63, 3.8) is 0 Å². The second-order valence-corrected chi connectivity index (χ2v) is 6.86. The van der Waals surface area contributed by atoms with Gasteiger partial charge >= 0.3 is 0 Å². The fraction of sp³-hybridized carbons (Fsp3) is 0.188. The van der Waals surface area contributed by atoms with Gasteiger partial charge in [-0.15, -0.1) is 0 Å². The highest BCUT2D eigenvalue weighted by molar-refractivity contribution is 7.92. The van der Waals surface area contributed by atoms with Gasteiger partial charge in [-0.25, -0.2) is 8.42 Å². The van der Waals surface area contributed by atoms with Crippen molar-refractivity contribution in [1.82, 2.24) is 0 Å². The van der Waals surface area contributed by atoms with E-state index in [4.69, 9.17) is 4.74 Å². The Morgan fingerprint density at radius 1 is 1.13 bits per heavy atom. The molecule has 122 valence electrons. The van der Waals surface area contributed by atoms with Crippen LogP contribution in [0.25, 0.3) is 0 Å². The highest BCUT2D eigenvalue weighted by Gasteiger charge is 2.11. The van der Waals surface area contributed by atoms with Crippen molar-refractivity contribution in [3.8, 4) is 5.75 Å². The molecule has 2 aromatic rings. The Hall–Kier alpha value is -2.54. The van der Waals surface area contributed by atoms with Crippen molar-refractivity contribution in [2.45, 2.75) is 6.92 Å². The van der Waals surface area contributed by atoms with Crippen LogP contribution in [0, 0.1) is 6.92 Å². The first-order chi connectivity index (χ1) is 10.8. The van der Waals surface area contributed by atoms with Gasteiger partial charge in [0.2, 0.25) is 10.0 Å². The maximum Gasteiger partial charge on any atom is 0.255 e. The number of rotatable bonds is 5. The summed E-state index contributed by atoms with van der Waals surface area (Å²) in [5.41, 5.74) is 2.22. The number of sulfonamides is 1. The van der Waals surface area contributed by atoms with E-state index in [2.05, 4.69) is 10.0 Å². The van der Waals surface area contributed by atoms with Gasteiger partial charge in [0.1, 0.15) is 5.75 Å². The lowest BCUT2D eigenvalue weighted by Crippen LogP contribution is -2.14. The predicted octanol–water partition coefficient (Wildman–Crippen LogP) is 2.63. The SMILES string of the molecule is COc1cc(C)ccc1NC(=O)c1cccc(NS(C)(=O)=O)c1. The number of methoxy groups -OCH3 is 1. The van der Waals surface area contributed by atoms with E-state index in [0.29, 0.717) is 22.7 Å². The van der Waals surface area contributed by atoms with Crippen LogP contribution < -0.4 is 14.8 Å². The molecule has 23 heavy (non-hydrogen) atoms. The van der Waals surface area contributed by atoms with E-state index >= 15 is 0 Å². The summed E-state index contributed by atoms with van der Waals surface area (Å²) < 4.78 is 30.1. The monoisotopic (exact) mass is 334 g/mol. The third-order valence-corrected chi connectivity index (χ3v) is 3.64. The van der Waals surface area contributed by atoms with Gasteiger partial charge in [-0.1, -0.05) is 12.1 Å². The fourth-order valence-corrected chi connectivity index (χ4v) is 2.59. The van der Waals surface area contributed by atoms with E-state index in [1.54, 1.807) is 24.3 Å². The molecule has 0 aliphatic carbocycles. The summed E-state index contributed by atoms with van der Waals surface area (Å²) in [6, 6.07) is 11.7. The molecule has 6 nitrogen and oxygen atoms in total. The van der Waals surface area contributed by atoms with Crippen molar-refractivity contribution >= 4 is 27.3 Å². The summed E-state index contributed by atoms with van der Waals surface area (Å²) in [5, 5.41) is 2.75. The van der Waals surface area contributed by atoms with Crippen molar-refractivity contribution in [2.24, 2.45) is 0 Å². The Bertz CT molecular complexity index is 832. The Morgan fingerprint density at radius 3 is 2.52 bits per heavy atom. The molecule has 1 amide bonds. The molecule has 2 aromatic carbocycles. The molecular formula is C16H18N2O4S. The second-order valence-electron chi connectivity index (χ2n) is 5.11. The van der Waals surface area contributed by atoms with Gasteiger partial charge in [0.05, 0.1) is 19.1 Å². The molecular weight excluding hydrogens is 316 g/mol. The van der Waals surface area contributed by atoms with E-state index in [1.165, 1.54) is 13.2 Å². The largest absolute Gasteiger partial charge is 0.495 e. The number of nitrogens with one attached hydrogen (secondary N) is 2. The highest BCUT2D eigenvalue weighted by Crippen LogP contribution is 2.26. The molecule has 0 fully saturated rings. The lowest BCUT2D eigenvalue weighted by atomic mass is 10.1. The minimum Gasteiger partial charge on any atom is -0.495 e. The summed E-state index contributed by atoms with van der Waals surface area (Å²) in [5.74, 6) is 0.202. The minimum absolute atomic E-state index is 0.330. The van der Waals surface area contributed by atoms with Crippen LogP contribution in [0.3, 0.4) is 0 Å². The number of carbonyl (C=O) groups is 1. The number of carbonyl (C=O) groups excluding carboxylic acids is 1. The van der Waals surface area contributed by atoms with Crippen molar-refractivity contribution in [1.29, 1.82) is 0 Å². The van der Waals surface area contributed by atoms with E-state index in [-0.39, 0.29) is 5.91 Å². The first-order valence-corrected chi connectivity index (χ1v) is 8.71. The zero-order valence-electron chi connectivity index (χ0n) is 13.1. The zero-order chi connectivity index (χ0) is 17.0. The van der Waals surface area contributed by atoms with Gasteiger partial charge in [0.15, 0.2) is 0 Å². The maximum absolute atomic E-state index is 12.3. The van der Waals surface area contributed by atoms with Crippen LogP contribution in [-0.4, -0.2) is 27.7 Å². The average molecular weight is 334 g/mol. The number of hydrogen-bond donors (Lipinski definition) is 2. The molecule has 2 rings (SSSR count). The van der Waals surface area contributed by atoms with Crippen molar-refractivity contribution in [3.05, 3.63) is 53.6 Å². The van der Waals surface area contributed by atoms with Gasteiger partial charge in [-0.3, -0.25) is 9.52 Å². The molecule has 0 unspecified atom stereocenters. The van der Waals surface area contributed by atoms with E-state index in [1.807, 2.05) is 19.1 Å². The standard InChI is InChI=1S/C16H18N2O4S/c1-11-7-8-14(15(9-11)22-2)17-16(19)12-5-4-6-13(10-12)18-23(3,20)21/h4-10,18H,1-3H3,(H,17,19). The first kappa shape index (κ1) is 16.8. The molecule has 0 saturated heterocycles. The maximum atomic E-state index is 12.3. The van der Waals surface area contributed by atoms with Gasteiger partial charge in [0, 0.05) is 11.3 Å². The molecule has 0 aliphatic heterocycles. The van der Waals surface area contributed by atoms with Crippen LogP contribution in [0.15, 0.2) is 42.5 Å². The average Bonchev–Trinajstić information content (AvgIpc) is 2.47. The smallest absolute Gasteiger partial charge is 0.255 e. The first-order valence-electron chi connectivity index (χ1n) is 6.82. The lowest BCUT2D eigenvalue weighted by molar-refractivity contribution is 0.102. The number of benzene rings is 2. The number of amides is 1. The van der Waals surface area contributed by atoms with E-state index < -0.39 is 10.0 Å². The third-order valence-electron chi connectivity index (χ3n) is 3.03. The summed E-state index contributed by atoms with van der Waals surface area (Å²) >= 11 is 0. The van der Waals surface area contributed by atoms with Crippen LogP contribution in [0.1, 0.15) is 15.9 Å². The van der Waals surface area contributed by atoms with E-state index in [9.17, 15) is 13.2 Å². The summed E-state index contributed by atoms with van der Waals surface area (Å²) in [6.45, 7) is 1.93. The molecule has 0 aromatic heterocycles. The molecule has 7 heteroatoms. The molecule has 0 bridgehead atoms. The third kappa shape index (κ3) is 4.72. The second kappa shape index (κ2) is 6.70. The number of anilines is 2. The van der Waals surface area contributed by atoms with Crippen LogP contribution in [0.5, 0.6) is 5.75 Å². The Kier molecular flexibility index (Phi) is 4.90. The quantitative estimate of drug-likeness (QED) is 0.880. The van der Waals surface area contributed by atoms with E-state index in [0.717, 1.165) is 11.8 Å². The number of aryl methyl sites for hydroxylation is 1. The molecule has 0 atom stereocenters. The minimum atomic E-state index is -3.40. The number of hydrogen-bond acceptors (Lipinski definition) is 4. The van der Waals surface area contributed by atoms with Gasteiger partial charge in [-0.05, 0) is 42.8 Å². The Labute approximate surface area is 135 Å². The van der Waals surface area contributed by atoms with Crippen LogP contribution in [0.4, 0.5) is 11.4 Å². The molecule has 0 aliphatic rings. The van der Waals surface area contributed by atoms with Gasteiger partial charge in [-0.2, -0.15) is 0 Å². The summed E-state index contributed by atoms with van der Waals surface area (Å²) in [7, 11) is -1.87. The molecule has 0 spiro atoms. The molecule has 0 heterocycles. The fourth-order valence-electron chi connectivity index (χ4n) is 2.03.